The normalized spacial score (nSPS) is 12.2. The van der Waals surface area contributed by atoms with Crippen LogP contribution in [0.4, 0.5) is 13.2 Å². The summed E-state index contributed by atoms with van der Waals surface area (Å²) in [5.74, 6) is -1.51. The summed E-state index contributed by atoms with van der Waals surface area (Å²) in [6, 6.07) is 3.34. The highest BCUT2D eigenvalue weighted by molar-refractivity contribution is 7.90. The molecule has 0 aliphatic rings. The first kappa shape index (κ1) is 16.4. The molecule has 0 radical (unpaired) electrons. The van der Waals surface area contributed by atoms with Gasteiger partial charge in [0, 0.05) is 5.56 Å². The molecular weight excluding hydrogens is 303 g/mol. The molecule has 0 saturated heterocycles. The zero-order valence-electron chi connectivity index (χ0n) is 9.81. The Bertz CT molecular complexity index is 590. The van der Waals surface area contributed by atoms with Crippen molar-refractivity contribution < 1.29 is 36.6 Å². The van der Waals surface area contributed by atoms with Crippen molar-refractivity contribution in [2.24, 2.45) is 0 Å². The summed E-state index contributed by atoms with van der Waals surface area (Å²) >= 11 is 0. The van der Waals surface area contributed by atoms with Crippen LogP contribution in [0.2, 0.25) is 0 Å². The lowest BCUT2D eigenvalue weighted by atomic mass is 10.1. The van der Waals surface area contributed by atoms with E-state index in [4.69, 9.17) is 10.2 Å². The standard InChI is InChI=1S/C10H10F3NO5S/c11-10(12,13)20(18,19)14-9(17)8-2-6(4-15)1-7(3-8)5-16/h1-3,15-16H,4-5H2,(H,14,17). The van der Waals surface area contributed by atoms with Gasteiger partial charge in [0.15, 0.2) is 0 Å². The van der Waals surface area contributed by atoms with E-state index < -0.39 is 40.2 Å². The summed E-state index contributed by atoms with van der Waals surface area (Å²) < 4.78 is 58.8. The summed E-state index contributed by atoms with van der Waals surface area (Å²) in [4.78, 5) is 11.5. The molecule has 1 aromatic rings. The van der Waals surface area contributed by atoms with Gasteiger partial charge in [0.05, 0.1) is 13.2 Å². The first-order valence-electron chi connectivity index (χ1n) is 5.08. The zero-order chi connectivity index (χ0) is 15.6. The molecule has 1 amide bonds. The first-order chi connectivity index (χ1) is 9.10. The first-order valence-corrected chi connectivity index (χ1v) is 6.57. The van der Waals surface area contributed by atoms with Crippen LogP contribution in [-0.2, 0) is 23.2 Å². The number of hydrogen-bond acceptors (Lipinski definition) is 5. The molecule has 1 aromatic carbocycles. The molecule has 3 N–H and O–H groups in total. The minimum Gasteiger partial charge on any atom is -0.392 e. The van der Waals surface area contributed by atoms with Crippen LogP contribution in [-0.4, -0.2) is 30.0 Å². The van der Waals surface area contributed by atoms with Gasteiger partial charge in [0.25, 0.3) is 5.91 Å². The predicted octanol–water partition coefficient (Wildman–Crippen LogP) is 0.251. The van der Waals surface area contributed by atoms with Gasteiger partial charge >= 0.3 is 15.5 Å². The van der Waals surface area contributed by atoms with E-state index in [0.29, 0.717) is 0 Å². The predicted molar refractivity (Wildman–Crippen MR) is 60.7 cm³/mol. The fraction of sp³-hybridized carbons (Fsp3) is 0.300. The molecule has 0 heterocycles. The Hall–Kier alpha value is -1.65. The molecule has 0 fully saturated rings. The highest BCUT2D eigenvalue weighted by Crippen LogP contribution is 2.22. The van der Waals surface area contributed by atoms with Gasteiger partial charge in [-0.25, -0.2) is 4.72 Å². The van der Waals surface area contributed by atoms with Crippen LogP contribution in [0.1, 0.15) is 21.5 Å². The number of aliphatic hydroxyl groups excluding tert-OH is 2. The second-order valence-corrected chi connectivity index (χ2v) is 5.41. The van der Waals surface area contributed by atoms with E-state index in [1.165, 1.54) is 6.07 Å². The summed E-state index contributed by atoms with van der Waals surface area (Å²) in [6.45, 7) is -1.06. The Balaban J connectivity index is 3.10. The minimum absolute atomic E-state index is 0.145. The number of nitrogens with one attached hydrogen (secondary N) is 1. The second kappa shape index (κ2) is 5.77. The molecule has 0 atom stereocenters. The molecule has 0 spiro atoms. The van der Waals surface area contributed by atoms with Crippen LogP contribution in [0.25, 0.3) is 0 Å². The topological polar surface area (TPSA) is 104 Å². The summed E-state index contributed by atoms with van der Waals surface area (Å²) in [6.07, 6.45) is 0. The molecule has 10 heteroatoms. The number of carbonyl (C=O) groups excluding carboxylic acids is 1. The number of carbonyl (C=O) groups is 1. The largest absolute Gasteiger partial charge is 0.516 e. The third-order valence-electron chi connectivity index (χ3n) is 2.21. The number of rotatable bonds is 4. The average Bonchev–Trinajstić information content (AvgIpc) is 2.36. The van der Waals surface area contributed by atoms with Gasteiger partial charge in [0.1, 0.15) is 0 Å². The number of amides is 1. The van der Waals surface area contributed by atoms with Crippen molar-refractivity contribution in [1.29, 1.82) is 0 Å². The Labute approximate surface area is 111 Å². The van der Waals surface area contributed by atoms with Gasteiger partial charge < -0.3 is 10.2 Å². The number of alkyl halides is 3. The fourth-order valence-electron chi connectivity index (χ4n) is 1.32. The van der Waals surface area contributed by atoms with Crippen molar-refractivity contribution in [2.45, 2.75) is 18.7 Å². The van der Waals surface area contributed by atoms with Crippen molar-refractivity contribution in [2.75, 3.05) is 0 Å². The van der Waals surface area contributed by atoms with Gasteiger partial charge in [-0.3, -0.25) is 4.79 Å². The third-order valence-corrected chi connectivity index (χ3v) is 3.28. The Morgan fingerprint density at radius 1 is 1.10 bits per heavy atom. The number of aliphatic hydroxyl groups is 2. The Morgan fingerprint density at radius 2 is 1.55 bits per heavy atom. The summed E-state index contributed by atoms with van der Waals surface area (Å²) in [5.41, 5.74) is -5.75. The summed E-state index contributed by atoms with van der Waals surface area (Å²) in [7, 11) is -5.81. The van der Waals surface area contributed by atoms with Crippen molar-refractivity contribution in [3.63, 3.8) is 0 Å². The van der Waals surface area contributed by atoms with E-state index in [9.17, 15) is 26.4 Å². The molecule has 0 aromatic heterocycles. The van der Waals surface area contributed by atoms with Crippen LogP contribution in [0.15, 0.2) is 18.2 Å². The van der Waals surface area contributed by atoms with Crippen LogP contribution in [0, 0.1) is 0 Å². The van der Waals surface area contributed by atoms with Crippen LogP contribution in [0.3, 0.4) is 0 Å². The highest BCUT2D eigenvalue weighted by Gasteiger charge is 2.47. The fourth-order valence-corrected chi connectivity index (χ4v) is 1.79. The number of sulfonamides is 1. The van der Waals surface area contributed by atoms with Gasteiger partial charge in [-0.15, -0.1) is 0 Å². The van der Waals surface area contributed by atoms with Crippen molar-refractivity contribution in [3.8, 4) is 0 Å². The smallest absolute Gasteiger partial charge is 0.392 e. The van der Waals surface area contributed by atoms with E-state index in [1.807, 2.05) is 0 Å². The molecule has 0 unspecified atom stereocenters. The second-order valence-electron chi connectivity index (χ2n) is 3.73. The van der Waals surface area contributed by atoms with Gasteiger partial charge in [-0.2, -0.15) is 21.6 Å². The minimum atomic E-state index is -5.81. The molecule has 6 nitrogen and oxygen atoms in total. The maximum atomic E-state index is 12.1. The van der Waals surface area contributed by atoms with E-state index >= 15 is 0 Å². The van der Waals surface area contributed by atoms with Crippen LogP contribution < -0.4 is 4.72 Å². The maximum Gasteiger partial charge on any atom is 0.516 e. The highest BCUT2D eigenvalue weighted by atomic mass is 32.2. The maximum absolute atomic E-state index is 12.1. The molecule has 112 valence electrons. The Morgan fingerprint density at radius 3 is 1.90 bits per heavy atom. The van der Waals surface area contributed by atoms with Gasteiger partial charge in [-0.05, 0) is 23.3 Å². The number of benzene rings is 1. The van der Waals surface area contributed by atoms with E-state index in [0.717, 1.165) is 16.9 Å². The molecule has 20 heavy (non-hydrogen) atoms. The lowest BCUT2D eigenvalue weighted by molar-refractivity contribution is -0.0446. The lowest BCUT2D eigenvalue weighted by Crippen LogP contribution is -2.40. The summed E-state index contributed by atoms with van der Waals surface area (Å²) in [5, 5.41) is 17.8. The van der Waals surface area contributed by atoms with Crippen molar-refractivity contribution in [3.05, 3.63) is 34.9 Å². The Kier molecular flexibility index (Phi) is 4.73. The molecule has 0 aliphatic heterocycles. The number of halogens is 3. The quantitative estimate of drug-likeness (QED) is 0.739. The third kappa shape index (κ3) is 3.68. The van der Waals surface area contributed by atoms with Crippen LogP contribution >= 0.6 is 0 Å². The molecule has 0 saturated carbocycles. The van der Waals surface area contributed by atoms with Crippen molar-refractivity contribution in [1.82, 2.24) is 4.72 Å². The molecule has 0 bridgehead atoms. The molecular formula is C10H10F3NO5S. The number of hydrogen-bond donors (Lipinski definition) is 3. The van der Waals surface area contributed by atoms with Crippen molar-refractivity contribution >= 4 is 15.9 Å². The SMILES string of the molecule is O=C(NS(=O)(=O)C(F)(F)F)c1cc(CO)cc(CO)c1. The van der Waals surface area contributed by atoms with Crippen LogP contribution in [0.5, 0.6) is 0 Å². The zero-order valence-corrected chi connectivity index (χ0v) is 10.6. The van der Waals surface area contributed by atoms with E-state index in [1.54, 1.807) is 0 Å². The monoisotopic (exact) mass is 313 g/mol. The average molecular weight is 313 g/mol. The molecule has 1 rings (SSSR count). The van der Waals surface area contributed by atoms with E-state index in [2.05, 4.69) is 0 Å². The van der Waals surface area contributed by atoms with Gasteiger partial charge in [0.2, 0.25) is 0 Å². The molecule has 0 aliphatic carbocycles. The van der Waals surface area contributed by atoms with E-state index in [-0.39, 0.29) is 11.1 Å². The van der Waals surface area contributed by atoms with Gasteiger partial charge in [-0.1, -0.05) is 6.07 Å². The lowest BCUT2D eigenvalue weighted by Gasteiger charge is -2.10.